The molecule has 0 bridgehead atoms. The molecule has 8 heteroatoms. The van der Waals surface area contributed by atoms with E-state index >= 15 is 0 Å². The molecule has 1 fully saturated rings. The maximum atomic E-state index is 13.3. The number of nitrogens with one attached hydrogen (secondary N) is 1. The molecule has 2 aromatic rings. The molecule has 1 aliphatic heterocycles. The highest BCUT2D eigenvalue weighted by Crippen LogP contribution is 2.30. The van der Waals surface area contributed by atoms with Crippen molar-refractivity contribution in [2.75, 3.05) is 19.6 Å². The zero-order chi connectivity index (χ0) is 19.4. The van der Waals surface area contributed by atoms with E-state index < -0.39 is 5.82 Å². The number of aromatic nitrogens is 1. The highest BCUT2D eigenvalue weighted by Gasteiger charge is 2.27. The van der Waals surface area contributed by atoms with Crippen LogP contribution in [-0.2, 0) is 11.2 Å². The number of likely N-dealkylation sites (tertiary alicyclic amines) is 1. The zero-order valence-electron chi connectivity index (χ0n) is 15.0. The van der Waals surface area contributed by atoms with Gasteiger partial charge in [0.05, 0.1) is 15.7 Å². The molecule has 2 heterocycles. The maximum Gasteiger partial charge on any atom is 0.253 e. The average molecular weight is 410 g/mol. The van der Waals surface area contributed by atoms with Crippen molar-refractivity contribution in [3.8, 4) is 0 Å². The number of piperidine rings is 1. The van der Waals surface area contributed by atoms with Crippen LogP contribution in [0.1, 0.15) is 46.7 Å². The van der Waals surface area contributed by atoms with Gasteiger partial charge in [-0.15, -0.1) is 11.3 Å². The lowest BCUT2D eigenvalue weighted by Gasteiger charge is -2.32. The molecule has 1 saturated heterocycles. The number of hydrogen-bond donors (Lipinski definition) is 1. The fourth-order valence-corrected chi connectivity index (χ4v) is 4.33. The predicted molar refractivity (Wildman–Crippen MR) is 104 cm³/mol. The molecular weight excluding hydrogens is 389 g/mol. The van der Waals surface area contributed by atoms with Crippen molar-refractivity contribution in [1.29, 1.82) is 0 Å². The highest BCUT2D eigenvalue weighted by atomic mass is 35.5. The summed E-state index contributed by atoms with van der Waals surface area (Å²) in [5.41, 5.74) is 1.36. The normalized spacial score (nSPS) is 17.0. The summed E-state index contributed by atoms with van der Waals surface area (Å²) in [6.45, 7) is 3.32. The molecule has 1 aliphatic rings. The van der Waals surface area contributed by atoms with Gasteiger partial charge in [0.15, 0.2) is 0 Å². The van der Waals surface area contributed by atoms with E-state index in [0.717, 1.165) is 23.5 Å². The van der Waals surface area contributed by atoms with Crippen molar-refractivity contribution in [3.63, 3.8) is 0 Å². The van der Waals surface area contributed by atoms with Crippen LogP contribution in [0.25, 0.3) is 0 Å². The Hall–Kier alpha value is -1.99. The van der Waals surface area contributed by atoms with Crippen LogP contribution in [0.4, 0.5) is 4.39 Å². The molecule has 0 unspecified atom stereocenters. The molecule has 0 spiro atoms. The van der Waals surface area contributed by atoms with Gasteiger partial charge in [-0.05, 0) is 31.0 Å². The second kappa shape index (κ2) is 8.80. The second-order valence-electron chi connectivity index (χ2n) is 6.63. The van der Waals surface area contributed by atoms with Crippen molar-refractivity contribution < 1.29 is 14.0 Å². The van der Waals surface area contributed by atoms with Gasteiger partial charge < -0.3 is 10.2 Å². The summed E-state index contributed by atoms with van der Waals surface area (Å²) < 4.78 is 13.3. The van der Waals surface area contributed by atoms with Crippen molar-refractivity contribution in [2.45, 2.75) is 32.1 Å². The van der Waals surface area contributed by atoms with Crippen LogP contribution in [-0.4, -0.2) is 41.3 Å². The number of thiazole rings is 1. The van der Waals surface area contributed by atoms with Crippen LogP contribution in [0, 0.1) is 5.82 Å². The third kappa shape index (κ3) is 5.05. The molecular formula is C19H21ClFN3O2S. The number of amides is 2. The molecule has 1 aromatic heterocycles. The molecule has 27 heavy (non-hydrogen) atoms. The van der Waals surface area contributed by atoms with Gasteiger partial charge in [0.25, 0.3) is 5.91 Å². The Labute approximate surface area is 166 Å². The van der Waals surface area contributed by atoms with Crippen molar-refractivity contribution in [1.82, 2.24) is 15.2 Å². The first-order valence-corrected chi connectivity index (χ1v) is 10.1. The Morgan fingerprint density at radius 1 is 1.44 bits per heavy atom. The minimum atomic E-state index is -0.528. The number of carbonyl (C=O) groups excluding carboxylic acids is 2. The van der Waals surface area contributed by atoms with Crippen LogP contribution in [0.15, 0.2) is 23.6 Å². The van der Waals surface area contributed by atoms with Crippen LogP contribution < -0.4 is 5.32 Å². The number of nitrogens with zero attached hydrogens (tertiary/aromatic N) is 2. The van der Waals surface area contributed by atoms with Gasteiger partial charge in [-0.25, -0.2) is 9.37 Å². The lowest BCUT2D eigenvalue weighted by atomic mass is 9.98. The summed E-state index contributed by atoms with van der Waals surface area (Å²) in [5, 5.41) is 5.75. The summed E-state index contributed by atoms with van der Waals surface area (Å²) in [4.78, 5) is 30.2. The van der Waals surface area contributed by atoms with E-state index in [-0.39, 0.29) is 22.8 Å². The smallest absolute Gasteiger partial charge is 0.253 e. The van der Waals surface area contributed by atoms with E-state index in [4.69, 9.17) is 11.6 Å². The van der Waals surface area contributed by atoms with E-state index in [9.17, 15) is 14.0 Å². The van der Waals surface area contributed by atoms with Gasteiger partial charge in [-0.3, -0.25) is 9.59 Å². The molecule has 5 nitrogen and oxygen atoms in total. The number of rotatable bonds is 5. The van der Waals surface area contributed by atoms with Gasteiger partial charge in [-0.2, -0.15) is 0 Å². The third-order valence-corrected chi connectivity index (χ3v) is 5.89. The van der Waals surface area contributed by atoms with Gasteiger partial charge >= 0.3 is 0 Å². The van der Waals surface area contributed by atoms with E-state index in [1.807, 2.05) is 5.38 Å². The topological polar surface area (TPSA) is 62.3 Å². The summed E-state index contributed by atoms with van der Waals surface area (Å²) >= 11 is 7.40. The first-order valence-electron chi connectivity index (χ1n) is 8.87. The minimum Gasteiger partial charge on any atom is -0.356 e. The molecule has 1 N–H and O–H groups in total. The van der Waals surface area contributed by atoms with Crippen LogP contribution in [0.2, 0.25) is 5.02 Å². The largest absolute Gasteiger partial charge is 0.356 e. The lowest BCUT2D eigenvalue weighted by molar-refractivity contribution is -0.118. The Morgan fingerprint density at radius 2 is 2.26 bits per heavy atom. The lowest BCUT2D eigenvalue weighted by Crippen LogP contribution is -2.39. The first kappa shape index (κ1) is 19.8. The molecule has 0 aliphatic carbocycles. The van der Waals surface area contributed by atoms with Crippen LogP contribution in [0.3, 0.4) is 0 Å². The fraction of sp³-hybridized carbons (Fsp3) is 0.421. The van der Waals surface area contributed by atoms with E-state index in [2.05, 4.69) is 10.3 Å². The van der Waals surface area contributed by atoms with Gasteiger partial charge in [0, 0.05) is 49.8 Å². The van der Waals surface area contributed by atoms with Crippen molar-refractivity contribution >= 4 is 34.8 Å². The quantitative estimate of drug-likeness (QED) is 0.820. The fourth-order valence-electron chi connectivity index (χ4n) is 3.17. The monoisotopic (exact) mass is 409 g/mol. The SMILES string of the molecule is CC(=O)NCCc1csc([C@@H]2CCCN(C(=O)c3ccc(F)c(Cl)c3)C2)n1. The molecule has 3 rings (SSSR count). The number of halogens is 2. The maximum absolute atomic E-state index is 13.3. The van der Waals surface area contributed by atoms with E-state index in [1.165, 1.54) is 25.1 Å². The second-order valence-corrected chi connectivity index (χ2v) is 7.93. The van der Waals surface area contributed by atoms with Crippen molar-refractivity contribution in [3.05, 3.63) is 50.7 Å². The number of hydrogen-bond acceptors (Lipinski definition) is 4. The van der Waals surface area contributed by atoms with E-state index in [0.29, 0.717) is 31.6 Å². The highest BCUT2D eigenvalue weighted by molar-refractivity contribution is 7.09. The third-order valence-electron chi connectivity index (χ3n) is 4.55. The molecule has 0 radical (unpaired) electrons. The Morgan fingerprint density at radius 3 is 3.00 bits per heavy atom. The van der Waals surface area contributed by atoms with E-state index in [1.54, 1.807) is 16.2 Å². The minimum absolute atomic E-state index is 0.0434. The summed E-state index contributed by atoms with van der Waals surface area (Å²) in [6.07, 6.45) is 2.57. The van der Waals surface area contributed by atoms with Crippen LogP contribution >= 0.6 is 22.9 Å². The van der Waals surface area contributed by atoms with Gasteiger partial charge in [-0.1, -0.05) is 11.6 Å². The standard InChI is InChI=1S/C19H21ClFN3O2S/c1-12(25)22-7-6-15-11-27-18(23-15)14-3-2-8-24(10-14)19(26)13-4-5-17(21)16(20)9-13/h4-5,9,11,14H,2-3,6-8,10H2,1H3,(H,22,25)/t14-/m1/s1. The van der Waals surface area contributed by atoms with Crippen LogP contribution in [0.5, 0.6) is 0 Å². The van der Waals surface area contributed by atoms with Gasteiger partial charge in [0.1, 0.15) is 5.82 Å². The number of carbonyl (C=O) groups is 2. The predicted octanol–water partition coefficient (Wildman–Crippen LogP) is 3.63. The first-order chi connectivity index (χ1) is 12.9. The summed E-state index contributed by atoms with van der Waals surface area (Å²) in [5.74, 6) is -0.519. The number of benzene rings is 1. The molecule has 2 amide bonds. The molecule has 1 aromatic carbocycles. The summed E-state index contributed by atoms with van der Waals surface area (Å²) in [7, 11) is 0. The Kier molecular flexibility index (Phi) is 6.44. The molecule has 144 valence electrons. The Bertz CT molecular complexity index is 842. The van der Waals surface area contributed by atoms with Gasteiger partial charge in [0.2, 0.25) is 5.91 Å². The molecule has 1 atom stereocenters. The average Bonchev–Trinajstić information content (AvgIpc) is 3.12. The van der Waals surface area contributed by atoms with Crippen molar-refractivity contribution in [2.24, 2.45) is 0 Å². The molecule has 0 saturated carbocycles. The summed E-state index contributed by atoms with van der Waals surface area (Å²) in [6, 6.07) is 4.07. The zero-order valence-corrected chi connectivity index (χ0v) is 16.6. The Balaban J connectivity index is 1.63.